The summed E-state index contributed by atoms with van der Waals surface area (Å²) in [5, 5.41) is 5.23. The van der Waals surface area contributed by atoms with Gasteiger partial charge in [0.2, 0.25) is 0 Å². The normalized spacial score (nSPS) is 11.5. The molecule has 5 nitrogen and oxygen atoms in total. The fourth-order valence-electron chi connectivity index (χ4n) is 2.10. The van der Waals surface area contributed by atoms with Crippen LogP contribution in [0.15, 0.2) is 34.9 Å². The SMILES string of the molecule is CCNC(=NCc1nccn1C(F)F)N(C)CCc1cccs1.I. The molecule has 0 amide bonds. The number of aromatic nitrogens is 2. The summed E-state index contributed by atoms with van der Waals surface area (Å²) in [7, 11) is 1.94. The van der Waals surface area contributed by atoms with Crippen LogP contribution < -0.4 is 5.32 Å². The molecule has 0 unspecified atom stereocenters. The zero-order valence-corrected chi connectivity index (χ0v) is 16.8. The number of nitrogens with zero attached hydrogens (tertiary/aromatic N) is 4. The summed E-state index contributed by atoms with van der Waals surface area (Å²) in [4.78, 5) is 11.7. The molecule has 9 heteroatoms. The molecular formula is C15H22F2IN5S. The topological polar surface area (TPSA) is 45.5 Å². The second-order valence-electron chi connectivity index (χ2n) is 4.95. The molecule has 0 aliphatic rings. The Kier molecular flexibility index (Phi) is 9.19. The molecule has 2 aromatic heterocycles. The van der Waals surface area contributed by atoms with Gasteiger partial charge in [0, 0.05) is 37.4 Å². The summed E-state index contributed by atoms with van der Waals surface area (Å²) in [6.45, 7) is 1.01. The van der Waals surface area contributed by atoms with Gasteiger partial charge in [0.25, 0.3) is 0 Å². The second-order valence-corrected chi connectivity index (χ2v) is 5.98. The Hall–Kier alpha value is -1.23. The third-order valence-corrected chi connectivity index (χ3v) is 4.24. The highest BCUT2D eigenvalue weighted by atomic mass is 127. The first-order valence-electron chi connectivity index (χ1n) is 7.43. The first-order chi connectivity index (χ1) is 11.1. The summed E-state index contributed by atoms with van der Waals surface area (Å²) in [6, 6.07) is 4.13. The first kappa shape index (κ1) is 20.8. The molecule has 0 fully saturated rings. The third kappa shape index (κ3) is 6.00. The highest BCUT2D eigenvalue weighted by Gasteiger charge is 2.12. The van der Waals surface area contributed by atoms with E-state index in [1.165, 1.54) is 17.3 Å². The van der Waals surface area contributed by atoms with Gasteiger partial charge in [-0.3, -0.25) is 4.57 Å². The van der Waals surface area contributed by atoms with E-state index in [0.29, 0.717) is 12.5 Å². The van der Waals surface area contributed by atoms with E-state index in [4.69, 9.17) is 0 Å². The maximum Gasteiger partial charge on any atom is 0.319 e. The minimum atomic E-state index is -2.60. The van der Waals surface area contributed by atoms with Crippen molar-refractivity contribution in [3.8, 4) is 0 Å². The van der Waals surface area contributed by atoms with E-state index >= 15 is 0 Å². The standard InChI is InChI=1S/C15H21F2N5S.HI/c1-3-18-15(21(2)8-6-12-5-4-10-23-12)20-11-13-19-7-9-22(13)14(16)17;/h4-5,7,9-10,14H,3,6,8,11H2,1-2H3,(H,18,20);1H. The lowest BCUT2D eigenvalue weighted by molar-refractivity contribution is 0.0671. The summed E-state index contributed by atoms with van der Waals surface area (Å²) in [6.07, 6.45) is 3.55. The van der Waals surface area contributed by atoms with Crippen LogP contribution in [0.4, 0.5) is 8.78 Å². The molecule has 0 aliphatic heterocycles. The molecule has 2 aromatic rings. The number of alkyl halides is 2. The van der Waals surface area contributed by atoms with Crippen molar-refractivity contribution in [2.75, 3.05) is 20.1 Å². The summed E-state index contributed by atoms with van der Waals surface area (Å²) in [5.41, 5.74) is 0. The predicted octanol–water partition coefficient (Wildman–Crippen LogP) is 3.60. The zero-order valence-electron chi connectivity index (χ0n) is 13.7. The summed E-state index contributed by atoms with van der Waals surface area (Å²) >= 11 is 1.72. The Morgan fingerprint density at radius 2 is 2.29 bits per heavy atom. The lowest BCUT2D eigenvalue weighted by Crippen LogP contribution is -2.40. The van der Waals surface area contributed by atoms with Gasteiger partial charge >= 0.3 is 6.55 Å². The average molecular weight is 469 g/mol. The quantitative estimate of drug-likeness (QED) is 0.383. The van der Waals surface area contributed by atoms with Gasteiger partial charge in [0.15, 0.2) is 5.96 Å². The number of guanidine groups is 1. The minimum Gasteiger partial charge on any atom is -0.357 e. The van der Waals surface area contributed by atoms with Crippen LogP contribution in [0.1, 0.15) is 24.2 Å². The van der Waals surface area contributed by atoms with Crippen LogP contribution >= 0.6 is 35.3 Å². The summed E-state index contributed by atoms with van der Waals surface area (Å²) in [5.74, 6) is 0.940. The van der Waals surface area contributed by atoms with Crippen molar-refractivity contribution in [2.45, 2.75) is 26.4 Å². The van der Waals surface area contributed by atoms with E-state index in [2.05, 4.69) is 26.7 Å². The number of thiophene rings is 1. The third-order valence-electron chi connectivity index (χ3n) is 3.30. The van der Waals surface area contributed by atoms with Crippen LogP contribution in [0.25, 0.3) is 0 Å². The van der Waals surface area contributed by atoms with Crippen molar-refractivity contribution < 1.29 is 8.78 Å². The fraction of sp³-hybridized carbons (Fsp3) is 0.467. The highest BCUT2D eigenvalue weighted by molar-refractivity contribution is 14.0. The molecule has 0 atom stereocenters. The second kappa shape index (κ2) is 10.6. The molecule has 0 aliphatic carbocycles. The lowest BCUT2D eigenvalue weighted by Gasteiger charge is -2.21. The number of halogens is 3. The van der Waals surface area contributed by atoms with Gasteiger partial charge < -0.3 is 10.2 Å². The molecule has 1 N–H and O–H groups in total. The van der Waals surface area contributed by atoms with E-state index in [-0.39, 0.29) is 36.3 Å². The van der Waals surface area contributed by atoms with Gasteiger partial charge in [-0.15, -0.1) is 35.3 Å². The van der Waals surface area contributed by atoms with Crippen molar-refractivity contribution >= 4 is 41.3 Å². The number of likely N-dealkylation sites (N-methyl/N-ethyl adjacent to an activating group) is 1. The maximum absolute atomic E-state index is 12.8. The van der Waals surface area contributed by atoms with E-state index in [0.717, 1.165) is 17.5 Å². The molecular weight excluding hydrogens is 447 g/mol. The van der Waals surface area contributed by atoms with Crippen LogP contribution in [0.2, 0.25) is 0 Å². The monoisotopic (exact) mass is 469 g/mol. The van der Waals surface area contributed by atoms with E-state index < -0.39 is 6.55 Å². The van der Waals surface area contributed by atoms with Gasteiger partial charge in [0.05, 0.1) is 0 Å². The number of nitrogens with one attached hydrogen (secondary N) is 1. The van der Waals surface area contributed by atoms with Crippen LogP contribution in [0.5, 0.6) is 0 Å². The molecule has 24 heavy (non-hydrogen) atoms. The largest absolute Gasteiger partial charge is 0.357 e. The van der Waals surface area contributed by atoms with E-state index in [1.54, 1.807) is 11.3 Å². The van der Waals surface area contributed by atoms with E-state index in [9.17, 15) is 8.78 Å². The number of rotatable bonds is 7. The maximum atomic E-state index is 12.8. The van der Waals surface area contributed by atoms with Crippen molar-refractivity contribution in [3.05, 3.63) is 40.6 Å². The number of imidazole rings is 1. The molecule has 2 heterocycles. The predicted molar refractivity (Wildman–Crippen MR) is 104 cm³/mol. The molecule has 0 aromatic carbocycles. The molecule has 134 valence electrons. The van der Waals surface area contributed by atoms with Gasteiger partial charge in [-0.25, -0.2) is 9.98 Å². The van der Waals surface area contributed by atoms with Gasteiger partial charge in [-0.1, -0.05) is 6.07 Å². The Bertz CT molecular complexity index is 615. The number of aliphatic imine (C=N–C) groups is 1. The van der Waals surface area contributed by atoms with Crippen LogP contribution in [-0.4, -0.2) is 40.5 Å². The number of hydrogen-bond donors (Lipinski definition) is 1. The van der Waals surface area contributed by atoms with Crippen LogP contribution in [0.3, 0.4) is 0 Å². The molecule has 0 saturated carbocycles. The molecule has 0 bridgehead atoms. The fourth-order valence-corrected chi connectivity index (χ4v) is 2.80. The lowest BCUT2D eigenvalue weighted by atomic mass is 10.3. The Labute approximate surface area is 161 Å². The molecule has 0 saturated heterocycles. The molecule has 2 rings (SSSR count). The van der Waals surface area contributed by atoms with Crippen molar-refractivity contribution in [3.63, 3.8) is 0 Å². The minimum absolute atomic E-state index is 0. The van der Waals surface area contributed by atoms with Crippen molar-refractivity contribution in [2.24, 2.45) is 4.99 Å². The first-order valence-corrected chi connectivity index (χ1v) is 8.31. The van der Waals surface area contributed by atoms with E-state index in [1.807, 2.05) is 24.9 Å². The van der Waals surface area contributed by atoms with Gasteiger partial charge in [0.1, 0.15) is 12.4 Å². The average Bonchev–Trinajstić information content (AvgIpc) is 3.19. The Morgan fingerprint density at radius 3 is 2.92 bits per heavy atom. The van der Waals surface area contributed by atoms with Gasteiger partial charge in [-0.05, 0) is 24.8 Å². The molecule has 0 spiro atoms. The summed E-state index contributed by atoms with van der Waals surface area (Å²) < 4.78 is 26.5. The highest BCUT2D eigenvalue weighted by Crippen LogP contribution is 2.13. The Morgan fingerprint density at radius 1 is 1.50 bits per heavy atom. The van der Waals surface area contributed by atoms with Crippen molar-refractivity contribution in [1.82, 2.24) is 19.8 Å². The molecule has 0 radical (unpaired) electrons. The number of hydrogen-bond acceptors (Lipinski definition) is 3. The smallest absolute Gasteiger partial charge is 0.319 e. The Balaban J connectivity index is 0.00000288. The van der Waals surface area contributed by atoms with Crippen LogP contribution in [0, 0.1) is 0 Å². The van der Waals surface area contributed by atoms with Gasteiger partial charge in [-0.2, -0.15) is 8.78 Å². The zero-order chi connectivity index (χ0) is 16.7. The van der Waals surface area contributed by atoms with Crippen molar-refractivity contribution in [1.29, 1.82) is 0 Å². The van der Waals surface area contributed by atoms with Crippen LogP contribution in [-0.2, 0) is 13.0 Å².